The number of fused-ring (bicyclic) bond motifs is 2. The Morgan fingerprint density at radius 2 is 0.824 bits per heavy atom. The molecule has 0 radical (unpaired) electrons. The van der Waals surface area contributed by atoms with E-state index in [-0.39, 0.29) is 0 Å². The molecule has 10 aromatic rings. The molecule has 0 heterocycles. The molecule has 0 fully saturated rings. The lowest BCUT2D eigenvalue weighted by molar-refractivity contribution is 1.31. The van der Waals surface area contributed by atoms with Crippen LogP contribution in [-0.2, 0) is 0 Å². The van der Waals surface area contributed by atoms with Crippen LogP contribution in [0, 0.1) is 6.92 Å². The van der Waals surface area contributed by atoms with Crippen LogP contribution in [0.25, 0.3) is 98.4 Å². The Labute approximate surface area is 302 Å². The third-order valence-corrected chi connectivity index (χ3v) is 11.8. The van der Waals surface area contributed by atoms with Crippen LogP contribution >= 0.6 is 11.8 Å². The number of thioether (sulfide) groups is 1. The molecular formula is C50H34S. The molecule has 0 bridgehead atoms. The van der Waals surface area contributed by atoms with E-state index in [1.807, 2.05) is 11.8 Å². The maximum Gasteiger partial charge on any atom is 0.0183 e. The molecule has 0 amide bonds. The highest BCUT2D eigenvalue weighted by molar-refractivity contribution is 7.98. The number of hydrogen-bond acceptors (Lipinski definition) is 1. The van der Waals surface area contributed by atoms with E-state index in [9.17, 15) is 0 Å². The van der Waals surface area contributed by atoms with Gasteiger partial charge in [0.25, 0.3) is 0 Å². The number of rotatable bonds is 5. The molecule has 0 aliphatic rings. The first-order valence-electron chi connectivity index (χ1n) is 17.6. The van der Waals surface area contributed by atoms with Crippen molar-refractivity contribution in [1.82, 2.24) is 0 Å². The van der Waals surface area contributed by atoms with Gasteiger partial charge in [-0.2, -0.15) is 0 Å². The second-order valence-electron chi connectivity index (χ2n) is 13.6. The summed E-state index contributed by atoms with van der Waals surface area (Å²) < 4.78 is 0. The van der Waals surface area contributed by atoms with Crippen molar-refractivity contribution in [3.05, 3.63) is 175 Å². The SMILES string of the molecule is CSc1c(-c2ccc(-c3ccc4ccc5cccc6ccc3c4c56)cc2)ccc(-c2c3ccccc3c(-c3ccccc3)c3ccccc23)c1C. The summed E-state index contributed by atoms with van der Waals surface area (Å²) >= 11 is 1.84. The van der Waals surface area contributed by atoms with Crippen LogP contribution in [0.5, 0.6) is 0 Å². The van der Waals surface area contributed by atoms with Gasteiger partial charge in [-0.1, -0.05) is 170 Å². The molecule has 1 heteroatoms. The van der Waals surface area contributed by atoms with E-state index in [4.69, 9.17) is 0 Å². The number of hydrogen-bond donors (Lipinski definition) is 0. The van der Waals surface area contributed by atoms with Crippen molar-refractivity contribution in [2.24, 2.45) is 0 Å². The van der Waals surface area contributed by atoms with Crippen LogP contribution in [0.15, 0.2) is 175 Å². The lowest BCUT2D eigenvalue weighted by Crippen LogP contribution is -1.95. The molecule has 0 aromatic heterocycles. The van der Waals surface area contributed by atoms with Gasteiger partial charge in [0, 0.05) is 4.90 Å². The first kappa shape index (κ1) is 30.0. The van der Waals surface area contributed by atoms with Gasteiger partial charge in [0.1, 0.15) is 0 Å². The van der Waals surface area contributed by atoms with Crippen LogP contribution in [0.2, 0.25) is 0 Å². The maximum absolute atomic E-state index is 2.36. The van der Waals surface area contributed by atoms with Crippen LogP contribution in [-0.4, -0.2) is 6.26 Å². The standard InChI is InChI=1S/C50H34S/c1-31-38(49-43-17-8-6-15-41(43)47(34-11-4-3-5-12-34)42-16-7-9-18-44(42)49)29-30-40(50(31)51-2)33-21-19-32(20-22-33)39-27-25-37-24-23-35-13-10-14-36-26-28-45(39)48(37)46(35)36/h3-30H,1-2H3. The quantitative estimate of drug-likeness (QED) is 0.100. The summed E-state index contributed by atoms with van der Waals surface area (Å²) in [6, 6.07) is 62.9. The third-order valence-electron chi connectivity index (χ3n) is 10.9. The average molecular weight is 667 g/mol. The molecular weight excluding hydrogens is 633 g/mol. The molecule has 10 rings (SSSR count). The van der Waals surface area contributed by atoms with Gasteiger partial charge >= 0.3 is 0 Å². The Balaban J connectivity index is 1.11. The summed E-state index contributed by atoms with van der Waals surface area (Å²) in [6.45, 7) is 2.30. The summed E-state index contributed by atoms with van der Waals surface area (Å²) in [5, 5.41) is 13.1. The van der Waals surface area contributed by atoms with Gasteiger partial charge in [-0.3, -0.25) is 0 Å². The Hall–Kier alpha value is -5.89. The molecule has 10 aromatic carbocycles. The Bertz CT molecular complexity index is 2860. The minimum Gasteiger partial charge on any atom is -0.129 e. The van der Waals surface area contributed by atoms with Gasteiger partial charge < -0.3 is 0 Å². The van der Waals surface area contributed by atoms with Crippen LogP contribution in [0.4, 0.5) is 0 Å². The van der Waals surface area contributed by atoms with Gasteiger partial charge in [-0.05, 0) is 117 Å². The van der Waals surface area contributed by atoms with Crippen molar-refractivity contribution in [3.8, 4) is 44.5 Å². The second-order valence-corrected chi connectivity index (χ2v) is 14.4. The van der Waals surface area contributed by atoms with Crippen LogP contribution in [0.3, 0.4) is 0 Å². The minimum absolute atomic E-state index is 1.24. The fourth-order valence-corrected chi connectivity index (χ4v) is 9.43. The van der Waals surface area contributed by atoms with E-state index in [2.05, 4.69) is 183 Å². The molecule has 0 spiro atoms. The first-order valence-corrected chi connectivity index (χ1v) is 18.9. The second kappa shape index (κ2) is 11.9. The van der Waals surface area contributed by atoms with Gasteiger partial charge in [-0.15, -0.1) is 11.8 Å². The zero-order chi connectivity index (χ0) is 34.1. The molecule has 0 saturated heterocycles. The highest BCUT2D eigenvalue weighted by Gasteiger charge is 2.20. The van der Waals surface area contributed by atoms with Crippen molar-refractivity contribution in [2.45, 2.75) is 11.8 Å². The third kappa shape index (κ3) is 4.62. The highest BCUT2D eigenvalue weighted by Crippen LogP contribution is 2.47. The average Bonchev–Trinajstić information content (AvgIpc) is 3.19. The van der Waals surface area contributed by atoms with E-state index in [0.717, 1.165) is 0 Å². The largest absolute Gasteiger partial charge is 0.129 e. The molecule has 0 unspecified atom stereocenters. The molecule has 51 heavy (non-hydrogen) atoms. The van der Waals surface area contributed by atoms with E-state index >= 15 is 0 Å². The van der Waals surface area contributed by atoms with E-state index in [0.29, 0.717) is 0 Å². The minimum atomic E-state index is 1.24. The summed E-state index contributed by atoms with van der Waals surface area (Å²) in [6.07, 6.45) is 2.21. The topological polar surface area (TPSA) is 0 Å². The first-order chi connectivity index (χ1) is 25.2. The zero-order valence-corrected chi connectivity index (χ0v) is 29.4. The molecule has 0 aliphatic carbocycles. The summed E-state index contributed by atoms with van der Waals surface area (Å²) in [5.41, 5.74) is 11.5. The monoisotopic (exact) mass is 666 g/mol. The van der Waals surface area contributed by atoms with Crippen molar-refractivity contribution >= 4 is 65.6 Å². The van der Waals surface area contributed by atoms with E-state index < -0.39 is 0 Å². The molecule has 0 aliphatic heterocycles. The van der Waals surface area contributed by atoms with Gasteiger partial charge in [0.05, 0.1) is 0 Å². The van der Waals surface area contributed by atoms with Crippen molar-refractivity contribution < 1.29 is 0 Å². The molecule has 240 valence electrons. The number of benzene rings is 10. The Kier molecular flexibility index (Phi) is 6.98. The molecule has 0 N–H and O–H groups in total. The Morgan fingerprint density at radius 3 is 1.45 bits per heavy atom. The van der Waals surface area contributed by atoms with Crippen molar-refractivity contribution in [3.63, 3.8) is 0 Å². The molecule has 0 nitrogen and oxygen atoms in total. The molecule has 0 saturated carbocycles. The summed E-state index contributed by atoms with van der Waals surface area (Å²) in [4.78, 5) is 1.32. The fourth-order valence-electron chi connectivity index (χ4n) is 8.60. The zero-order valence-electron chi connectivity index (χ0n) is 28.6. The van der Waals surface area contributed by atoms with Gasteiger partial charge in [0.2, 0.25) is 0 Å². The maximum atomic E-state index is 2.36. The van der Waals surface area contributed by atoms with Gasteiger partial charge in [0.15, 0.2) is 0 Å². The van der Waals surface area contributed by atoms with E-state index in [1.165, 1.54) is 109 Å². The predicted octanol–water partition coefficient (Wildman–Crippen LogP) is 14.6. The smallest absolute Gasteiger partial charge is 0.0183 e. The van der Waals surface area contributed by atoms with Gasteiger partial charge in [-0.25, -0.2) is 0 Å². The lowest BCUT2D eigenvalue weighted by atomic mass is 9.84. The predicted molar refractivity (Wildman–Crippen MR) is 223 cm³/mol. The summed E-state index contributed by atoms with van der Waals surface area (Å²) in [5.74, 6) is 0. The summed E-state index contributed by atoms with van der Waals surface area (Å²) in [7, 11) is 0. The lowest BCUT2D eigenvalue weighted by Gasteiger charge is -2.21. The highest BCUT2D eigenvalue weighted by atomic mass is 32.2. The Morgan fingerprint density at radius 1 is 0.333 bits per heavy atom. The fraction of sp³-hybridized carbons (Fsp3) is 0.0400. The normalized spacial score (nSPS) is 11.8. The van der Waals surface area contributed by atoms with Crippen molar-refractivity contribution in [1.29, 1.82) is 0 Å². The molecule has 0 atom stereocenters. The van der Waals surface area contributed by atoms with Crippen molar-refractivity contribution in [2.75, 3.05) is 6.26 Å². The van der Waals surface area contributed by atoms with Crippen LogP contribution < -0.4 is 0 Å². The van der Waals surface area contributed by atoms with Crippen LogP contribution in [0.1, 0.15) is 5.56 Å². The van der Waals surface area contributed by atoms with E-state index in [1.54, 1.807) is 0 Å².